The Kier molecular flexibility index (Phi) is 5.25. The lowest BCUT2D eigenvalue weighted by molar-refractivity contribution is 0.105. The van der Waals surface area contributed by atoms with Crippen molar-refractivity contribution in [1.29, 1.82) is 0 Å². The molecule has 1 fully saturated rings. The molecule has 0 radical (unpaired) electrons. The van der Waals surface area contributed by atoms with Gasteiger partial charge in [0.25, 0.3) is 0 Å². The molecular formula is C14H20BrN3O2. The average Bonchev–Trinajstić information content (AvgIpc) is 2.47. The third-order valence-corrected chi connectivity index (χ3v) is 4.03. The zero-order valence-electron chi connectivity index (χ0n) is 11.6. The Morgan fingerprint density at radius 1 is 1.35 bits per heavy atom. The fourth-order valence-electron chi connectivity index (χ4n) is 2.28. The number of piperazine rings is 1. The quantitative estimate of drug-likeness (QED) is 0.915. The smallest absolute Gasteiger partial charge is 0.409 e. The Balaban J connectivity index is 1.98. The molecule has 1 amide bonds. The highest BCUT2D eigenvalue weighted by molar-refractivity contribution is 9.10. The number of carbonyl (C=O) groups excluding carboxylic acids is 1. The van der Waals surface area contributed by atoms with E-state index in [9.17, 15) is 4.79 Å². The van der Waals surface area contributed by atoms with Crippen molar-refractivity contribution in [2.24, 2.45) is 5.73 Å². The monoisotopic (exact) mass is 341 g/mol. The van der Waals surface area contributed by atoms with E-state index in [0.29, 0.717) is 26.2 Å². The van der Waals surface area contributed by atoms with Crippen molar-refractivity contribution in [2.45, 2.75) is 13.5 Å². The predicted octanol–water partition coefficient (Wildman–Crippen LogP) is 2.19. The summed E-state index contributed by atoms with van der Waals surface area (Å²) >= 11 is 3.59. The van der Waals surface area contributed by atoms with Crippen LogP contribution in [0, 0.1) is 0 Å². The van der Waals surface area contributed by atoms with Crippen molar-refractivity contribution in [3.8, 4) is 0 Å². The Hall–Kier alpha value is -1.27. The van der Waals surface area contributed by atoms with Crippen molar-refractivity contribution >= 4 is 27.7 Å². The summed E-state index contributed by atoms with van der Waals surface area (Å²) in [7, 11) is 0. The Labute approximate surface area is 127 Å². The largest absolute Gasteiger partial charge is 0.450 e. The fraction of sp³-hybridized carbons (Fsp3) is 0.500. The average molecular weight is 342 g/mol. The van der Waals surface area contributed by atoms with E-state index in [0.717, 1.165) is 28.8 Å². The normalized spacial score (nSPS) is 15.3. The summed E-state index contributed by atoms with van der Waals surface area (Å²) in [5, 5.41) is 0. The number of anilines is 1. The van der Waals surface area contributed by atoms with Crippen molar-refractivity contribution in [1.82, 2.24) is 4.90 Å². The van der Waals surface area contributed by atoms with E-state index in [1.807, 2.05) is 19.1 Å². The molecule has 0 saturated carbocycles. The van der Waals surface area contributed by atoms with Gasteiger partial charge in [0, 0.05) is 37.2 Å². The van der Waals surface area contributed by atoms with E-state index in [1.54, 1.807) is 4.90 Å². The van der Waals surface area contributed by atoms with Gasteiger partial charge in [-0.3, -0.25) is 0 Å². The summed E-state index contributed by atoms with van der Waals surface area (Å²) < 4.78 is 6.07. The molecule has 0 bridgehead atoms. The van der Waals surface area contributed by atoms with Crippen LogP contribution in [0.1, 0.15) is 12.5 Å². The van der Waals surface area contributed by atoms with E-state index in [1.165, 1.54) is 0 Å². The van der Waals surface area contributed by atoms with Gasteiger partial charge in [0.1, 0.15) is 0 Å². The third-order valence-electron chi connectivity index (χ3n) is 3.39. The standard InChI is InChI=1S/C14H20BrN3O2/c1-2-20-14(19)18-7-5-17(6-8-18)13-4-3-11(10-16)9-12(13)15/h3-4,9H,2,5-8,10,16H2,1H3. The van der Waals surface area contributed by atoms with Crippen LogP contribution in [-0.4, -0.2) is 43.8 Å². The summed E-state index contributed by atoms with van der Waals surface area (Å²) in [4.78, 5) is 15.7. The second-order valence-electron chi connectivity index (χ2n) is 4.66. The van der Waals surface area contributed by atoms with Crippen LogP contribution in [0.5, 0.6) is 0 Å². The van der Waals surface area contributed by atoms with Gasteiger partial charge in [0.15, 0.2) is 0 Å². The Morgan fingerprint density at radius 2 is 2.05 bits per heavy atom. The molecule has 20 heavy (non-hydrogen) atoms. The highest BCUT2D eigenvalue weighted by Gasteiger charge is 2.22. The van der Waals surface area contributed by atoms with Gasteiger partial charge in [-0.2, -0.15) is 0 Å². The van der Waals surface area contributed by atoms with Gasteiger partial charge in [0.2, 0.25) is 0 Å². The highest BCUT2D eigenvalue weighted by atomic mass is 79.9. The molecule has 2 N–H and O–H groups in total. The first-order valence-electron chi connectivity index (χ1n) is 6.80. The summed E-state index contributed by atoms with van der Waals surface area (Å²) in [6, 6.07) is 6.16. The first-order chi connectivity index (χ1) is 9.65. The first kappa shape index (κ1) is 15.1. The summed E-state index contributed by atoms with van der Waals surface area (Å²) in [6.07, 6.45) is -0.218. The lowest BCUT2D eigenvalue weighted by atomic mass is 10.2. The Bertz CT molecular complexity index is 473. The minimum atomic E-state index is -0.218. The number of nitrogens with zero attached hydrogens (tertiary/aromatic N) is 2. The van der Waals surface area contributed by atoms with E-state index in [2.05, 4.69) is 26.9 Å². The number of nitrogens with two attached hydrogens (primary N) is 1. The zero-order valence-corrected chi connectivity index (χ0v) is 13.2. The van der Waals surface area contributed by atoms with E-state index < -0.39 is 0 Å². The van der Waals surface area contributed by atoms with Crippen molar-refractivity contribution < 1.29 is 9.53 Å². The molecule has 0 unspecified atom stereocenters. The van der Waals surface area contributed by atoms with Crippen LogP contribution in [0.4, 0.5) is 10.5 Å². The number of hydrogen-bond donors (Lipinski definition) is 1. The minimum absolute atomic E-state index is 0.218. The number of rotatable bonds is 3. The van der Waals surface area contributed by atoms with Crippen molar-refractivity contribution in [2.75, 3.05) is 37.7 Å². The predicted molar refractivity (Wildman–Crippen MR) is 82.8 cm³/mol. The van der Waals surface area contributed by atoms with Gasteiger partial charge in [-0.1, -0.05) is 6.07 Å². The number of amides is 1. The number of halogens is 1. The second-order valence-corrected chi connectivity index (χ2v) is 5.52. The number of benzene rings is 1. The fourth-order valence-corrected chi connectivity index (χ4v) is 2.96. The van der Waals surface area contributed by atoms with Crippen molar-refractivity contribution in [3.05, 3.63) is 28.2 Å². The van der Waals surface area contributed by atoms with Crippen LogP contribution in [0.2, 0.25) is 0 Å². The van der Waals surface area contributed by atoms with Gasteiger partial charge < -0.3 is 20.3 Å². The molecule has 6 heteroatoms. The zero-order chi connectivity index (χ0) is 14.5. The van der Waals surface area contributed by atoms with E-state index in [-0.39, 0.29) is 6.09 Å². The van der Waals surface area contributed by atoms with Crippen LogP contribution >= 0.6 is 15.9 Å². The summed E-state index contributed by atoms with van der Waals surface area (Å²) in [6.45, 7) is 5.76. The summed E-state index contributed by atoms with van der Waals surface area (Å²) in [5.74, 6) is 0. The highest BCUT2D eigenvalue weighted by Crippen LogP contribution is 2.28. The molecule has 1 heterocycles. The maximum Gasteiger partial charge on any atom is 0.409 e. The Morgan fingerprint density at radius 3 is 2.60 bits per heavy atom. The van der Waals surface area contributed by atoms with Crippen LogP contribution < -0.4 is 10.6 Å². The minimum Gasteiger partial charge on any atom is -0.450 e. The van der Waals surface area contributed by atoms with Crippen LogP contribution in [0.25, 0.3) is 0 Å². The topological polar surface area (TPSA) is 58.8 Å². The van der Waals surface area contributed by atoms with Crippen LogP contribution in [0.15, 0.2) is 22.7 Å². The lowest BCUT2D eigenvalue weighted by Gasteiger charge is -2.36. The molecule has 110 valence electrons. The van der Waals surface area contributed by atoms with Crippen LogP contribution in [0.3, 0.4) is 0 Å². The molecule has 0 atom stereocenters. The molecule has 1 aliphatic heterocycles. The van der Waals surface area contributed by atoms with Gasteiger partial charge in [-0.15, -0.1) is 0 Å². The van der Waals surface area contributed by atoms with Crippen LogP contribution in [-0.2, 0) is 11.3 Å². The molecule has 0 aromatic heterocycles. The first-order valence-corrected chi connectivity index (χ1v) is 7.60. The lowest BCUT2D eigenvalue weighted by Crippen LogP contribution is -2.49. The SMILES string of the molecule is CCOC(=O)N1CCN(c2ccc(CN)cc2Br)CC1. The van der Waals surface area contributed by atoms with E-state index in [4.69, 9.17) is 10.5 Å². The molecule has 1 aromatic carbocycles. The van der Waals surface area contributed by atoms with Gasteiger partial charge >= 0.3 is 6.09 Å². The van der Waals surface area contributed by atoms with Gasteiger partial charge in [0.05, 0.1) is 12.3 Å². The molecule has 0 spiro atoms. The van der Waals surface area contributed by atoms with Gasteiger partial charge in [-0.05, 0) is 40.5 Å². The number of ether oxygens (including phenoxy) is 1. The molecule has 0 aliphatic carbocycles. The second kappa shape index (κ2) is 6.95. The number of hydrogen-bond acceptors (Lipinski definition) is 4. The maximum atomic E-state index is 11.7. The third kappa shape index (κ3) is 3.43. The molecule has 1 aromatic rings. The molecular weight excluding hydrogens is 322 g/mol. The molecule has 1 aliphatic rings. The van der Waals surface area contributed by atoms with E-state index >= 15 is 0 Å². The molecule has 5 nitrogen and oxygen atoms in total. The molecule has 2 rings (SSSR count). The molecule has 1 saturated heterocycles. The maximum absolute atomic E-state index is 11.7. The van der Waals surface area contributed by atoms with Gasteiger partial charge in [-0.25, -0.2) is 4.79 Å². The van der Waals surface area contributed by atoms with Crippen molar-refractivity contribution in [3.63, 3.8) is 0 Å². The summed E-state index contributed by atoms with van der Waals surface area (Å²) in [5.41, 5.74) is 7.88. The number of carbonyl (C=O) groups is 1.